The van der Waals surface area contributed by atoms with Crippen LogP contribution < -0.4 is 5.32 Å². The molecule has 0 aromatic heterocycles. The molecule has 0 aliphatic carbocycles. The molecule has 3 rings (SSSR count). The SMILES string of the molecule is O=C(CSCc1cccc2ccccc12)NCCOCc1ccccc1. The number of nitrogens with one attached hydrogen (secondary N) is 1. The molecule has 3 nitrogen and oxygen atoms in total. The third-order valence-electron chi connectivity index (χ3n) is 4.05. The molecule has 4 heteroatoms. The molecule has 3 aromatic carbocycles. The van der Waals surface area contributed by atoms with Crippen LogP contribution in [0.4, 0.5) is 0 Å². The lowest BCUT2D eigenvalue weighted by atomic mass is 10.1. The molecule has 1 amide bonds. The Morgan fingerprint density at radius 2 is 1.69 bits per heavy atom. The number of benzene rings is 3. The fourth-order valence-corrected chi connectivity index (χ4v) is 3.61. The number of amides is 1. The van der Waals surface area contributed by atoms with E-state index in [1.807, 2.05) is 36.4 Å². The highest BCUT2D eigenvalue weighted by Gasteiger charge is 2.04. The van der Waals surface area contributed by atoms with Crippen LogP contribution in [0.2, 0.25) is 0 Å². The molecule has 0 fully saturated rings. The number of carbonyl (C=O) groups is 1. The molecule has 134 valence electrons. The first-order valence-electron chi connectivity index (χ1n) is 8.76. The summed E-state index contributed by atoms with van der Waals surface area (Å²) in [5.74, 6) is 1.35. The standard InChI is InChI=1S/C22H23NO2S/c24-22(23-13-14-25-15-18-7-2-1-3-8-18)17-26-16-20-11-6-10-19-9-4-5-12-21(19)20/h1-12H,13-17H2,(H,23,24). The third-order valence-corrected chi connectivity index (χ3v) is 5.03. The number of ether oxygens (including phenoxy) is 1. The van der Waals surface area contributed by atoms with E-state index >= 15 is 0 Å². The van der Waals surface area contributed by atoms with Crippen LogP contribution in [-0.4, -0.2) is 24.8 Å². The Bertz CT molecular complexity index is 830. The summed E-state index contributed by atoms with van der Waals surface area (Å²) < 4.78 is 5.57. The number of rotatable bonds is 9. The molecule has 26 heavy (non-hydrogen) atoms. The summed E-state index contributed by atoms with van der Waals surface area (Å²) in [5.41, 5.74) is 2.41. The maximum atomic E-state index is 11.9. The average Bonchev–Trinajstić information content (AvgIpc) is 2.69. The second-order valence-electron chi connectivity index (χ2n) is 6.02. The zero-order chi connectivity index (χ0) is 18.0. The molecular formula is C22H23NO2S. The van der Waals surface area contributed by atoms with E-state index in [0.29, 0.717) is 25.5 Å². The molecular weight excluding hydrogens is 342 g/mol. The highest BCUT2D eigenvalue weighted by atomic mass is 32.2. The summed E-state index contributed by atoms with van der Waals surface area (Å²) in [5, 5.41) is 5.41. The van der Waals surface area contributed by atoms with Crippen LogP contribution in [-0.2, 0) is 21.9 Å². The maximum absolute atomic E-state index is 11.9. The quantitative estimate of drug-likeness (QED) is 0.571. The van der Waals surface area contributed by atoms with E-state index in [-0.39, 0.29) is 5.91 Å². The van der Waals surface area contributed by atoms with Gasteiger partial charge in [-0.25, -0.2) is 0 Å². The van der Waals surface area contributed by atoms with Crippen LogP contribution >= 0.6 is 11.8 Å². The molecule has 0 atom stereocenters. The second kappa shape index (κ2) is 10.00. The van der Waals surface area contributed by atoms with Crippen molar-refractivity contribution in [1.82, 2.24) is 5.32 Å². The van der Waals surface area contributed by atoms with Gasteiger partial charge < -0.3 is 10.1 Å². The maximum Gasteiger partial charge on any atom is 0.230 e. The average molecular weight is 365 g/mol. The normalized spacial score (nSPS) is 10.8. The van der Waals surface area contributed by atoms with Crippen molar-refractivity contribution >= 4 is 28.4 Å². The lowest BCUT2D eigenvalue weighted by Gasteiger charge is -2.08. The van der Waals surface area contributed by atoms with Crippen molar-refractivity contribution in [3.63, 3.8) is 0 Å². The molecule has 0 unspecified atom stereocenters. The molecule has 1 N–H and O–H groups in total. The van der Waals surface area contributed by atoms with Crippen molar-refractivity contribution in [2.24, 2.45) is 0 Å². The Kier molecular flexibility index (Phi) is 7.11. The zero-order valence-corrected chi connectivity index (χ0v) is 15.5. The molecule has 0 saturated carbocycles. The molecule has 0 saturated heterocycles. The molecule has 0 aliphatic heterocycles. The Hall–Kier alpha value is -2.30. The van der Waals surface area contributed by atoms with Gasteiger partial charge in [-0.3, -0.25) is 4.79 Å². The van der Waals surface area contributed by atoms with Gasteiger partial charge in [-0.05, 0) is 21.9 Å². The summed E-state index contributed by atoms with van der Waals surface area (Å²) in [7, 11) is 0. The highest BCUT2D eigenvalue weighted by molar-refractivity contribution is 7.99. The second-order valence-corrected chi connectivity index (χ2v) is 7.00. The first kappa shape index (κ1) is 18.5. The molecule has 3 aromatic rings. The van der Waals surface area contributed by atoms with Gasteiger partial charge in [0.1, 0.15) is 0 Å². The molecule has 0 bridgehead atoms. The minimum Gasteiger partial charge on any atom is -0.375 e. The first-order chi connectivity index (χ1) is 12.8. The number of thioether (sulfide) groups is 1. The molecule has 0 radical (unpaired) electrons. The van der Waals surface area contributed by atoms with Gasteiger partial charge >= 0.3 is 0 Å². The largest absolute Gasteiger partial charge is 0.375 e. The van der Waals surface area contributed by atoms with Gasteiger partial charge in [0.05, 0.1) is 19.0 Å². The van der Waals surface area contributed by atoms with E-state index < -0.39 is 0 Å². The topological polar surface area (TPSA) is 38.3 Å². The van der Waals surface area contributed by atoms with Gasteiger partial charge in [0.15, 0.2) is 0 Å². The van der Waals surface area contributed by atoms with E-state index in [2.05, 4.69) is 41.7 Å². The van der Waals surface area contributed by atoms with E-state index in [0.717, 1.165) is 11.3 Å². The third kappa shape index (κ3) is 5.61. The van der Waals surface area contributed by atoms with Crippen LogP contribution in [0.15, 0.2) is 72.8 Å². The number of carbonyl (C=O) groups excluding carboxylic acids is 1. The summed E-state index contributed by atoms with van der Waals surface area (Å²) in [6, 6.07) is 24.7. The summed E-state index contributed by atoms with van der Waals surface area (Å²) in [4.78, 5) is 11.9. The minimum atomic E-state index is 0.0542. The van der Waals surface area contributed by atoms with Crippen molar-refractivity contribution in [2.75, 3.05) is 18.9 Å². The predicted octanol–water partition coefficient (Wildman–Crippen LogP) is 4.41. The fourth-order valence-electron chi connectivity index (χ4n) is 2.75. The monoisotopic (exact) mass is 365 g/mol. The van der Waals surface area contributed by atoms with Crippen molar-refractivity contribution in [1.29, 1.82) is 0 Å². The lowest BCUT2D eigenvalue weighted by molar-refractivity contribution is -0.118. The molecule has 0 spiro atoms. The summed E-state index contributed by atoms with van der Waals surface area (Å²) in [6.07, 6.45) is 0. The van der Waals surface area contributed by atoms with Crippen molar-refractivity contribution in [2.45, 2.75) is 12.4 Å². The number of hydrogen-bond donors (Lipinski definition) is 1. The number of fused-ring (bicyclic) bond motifs is 1. The smallest absolute Gasteiger partial charge is 0.230 e. The van der Waals surface area contributed by atoms with E-state index in [1.165, 1.54) is 16.3 Å². The van der Waals surface area contributed by atoms with Crippen LogP contribution in [0, 0.1) is 0 Å². The predicted molar refractivity (Wildman–Crippen MR) is 109 cm³/mol. The van der Waals surface area contributed by atoms with Gasteiger partial charge in [-0.2, -0.15) is 0 Å². The molecule has 0 heterocycles. The van der Waals surface area contributed by atoms with Crippen molar-refractivity contribution in [3.05, 3.63) is 83.9 Å². The van der Waals surface area contributed by atoms with Crippen LogP contribution in [0.1, 0.15) is 11.1 Å². The van der Waals surface area contributed by atoms with E-state index in [1.54, 1.807) is 11.8 Å². The van der Waals surface area contributed by atoms with Gasteiger partial charge in [0.25, 0.3) is 0 Å². The first-order valence-corrected chi connectivity index (χ1v) is 9.91. The van der Waals surface area contributed by atoms with Gasteiger partial charge in [-0.15, -0.1) is 11.8 Å². The van der Waals surface area contributed by atoms with E-state index in [9.17, 15) is 4.79 Å². The molecule has 0 aliphatic rings. The van der Waals surface area contributed by atoms with Gasteiger partial charge in [0.2, 0.25) is 5.91 Å². The van der Waals surface area contributed by atoms with E-state index in [4.69, 9.17) is 4.74 Å². The minimum absolute atomic E-state index is 0.0542. The van der Waals surface area contributed by atoms with Crippen molar-refractivity contribution in [3.8, 4) is 0 Å². The Labute approximate surface area is 158 Å². The van der Waals surface area contributed by atoms with Crippen LogP contribution in [0.3, 0.4) is 0 Å². The Morgan fingerprint density at radius 1 is 0.923 bits per heavy atom. The Balaban J connectivity index is 1.33. The van der Waals surface area contributed by atoms with Crippen LogP contribution in [0.25, 0.3) is 10.8 Å². The van der Waals surface area contributed by atoms with Gasteiger partial charge in [0, 0.05) is 12.3 Å². The lowest BCUT2D eigenvalue weighted by Crippen LogP contribution is -2.28. The fraction of sp³-hybridized carbons (Fsp3) is 0.227. The summed E-state index contributed by atoms with van der Waals surface area (Å²) >= 11 is 1.64. The van der Waals surface area contributed by atoms with Gasteiger partial charge in [-0.1, -0.05) is 72.8 Å². The highest BCUT2D eigenvalue weighted by Crippen LogP contribution is 2.22. The zero-order valence-electron chi connectivity index (χ0n) is 14.7. The van der Waals surface area contributed by atoms with Crippen LogP contribution in [0.5, 0.6) is 0 Å². The van der Waals surface area contributed by atoms with Crippen molar-refractivity contribution < 1.29 is 9.53 Å². The number of hydrogen-bond acceptors (Lipinski definition) is 3. The Morgan fingerprint density at radius 3 is 2.58 bits per heavy atom. The summed E-state index contributed by atoms with van der Waals surface area (Å²) in [6.45, 7) is 1.64.